The van der Waals surface area contributed by atoms with Gasteiger partial charge in [-0.1, -0.05) is 55.3 Å². The topological polar surface area (TPSA) is 72.4 Å². The van der Waals surface area contributed by atoms with Gasteiger partial charge in [0.05, 0.1) is 6.04 Å². The highest BCUT2D eigenvalue weighted by molar-refractivity contribution is 5.85. The average molecular weight is 380 g/mol. The Balaban J connectivity index is 0.00000338. The van der Waals surface area contributed by atoms with Crippen LogP contribution in [0, 0.1) is 0 Å². The molecule has 0 aliphatic rings. The van der Waals surface area contributed by atoms with Crippen molar-refractivity contribution in [1.82, 2.24) is 10.1 Å². The van der Waals surface area contributed by atoms with Gasteiger partial charge >= 0.3 is 0 Å². The molecule has 1 unspecified atom stereocenters. The van der Waals surface area contributed by atoms with E-state index < -0.39 is 0 Å². The van der Waals surface area contributed by atoms with Crippen LogP contribution in [0.5, 0.6) is 0 Å². The summed E-state index contributed by atoms with van der Waals surface area (Å²) in [4.78, 5) is 13.8. The van der Waals surface area contributed by atoms with Gasteiger partial charge in [0.15, 0.2) is 0 Å². The highest BCUT2D eigenvalue weighted by Crippen LogP contribution is 2.19. The maximum absolute atomic E-state index is 12.0. The minimum Gasteiger partial charge on any atom is -0.361 e. The summed E-state index contributed by atoms with van der Waals surface area (Å²) in [7, 11) is 1.83. The lowest BCUT2D eigenvalue weighted by atomic mass is 10.1. The maximum atomic E-state index is 12.0. The molecule has 26 heavy (non-hydrogen) atoms. The third-order valence-electron chi connectivity index (χ3n) is 4.34. The van der Waals surface area contributed by atoms with Crippen molar-refractivity contribution in [3.8, 4) is 11.3 Å². The first kappa shape index (κ1) is 22.2. The van der Waals surface area contributed by atoms with Crippen LogP contribution in [-0.4, -0.2) is 35.6 Å². The van der Waals surface area contributed by atoms with Crippen LogP contribution >= 0.6 is 12.4 Å². The zero-order chi connectivity index (χ0) is 18.1. The number of amides is 1. The molecule has 6 heteroatoms. The fourth-order valence-electron chi connectivity index (χ4n) is 2.83. The van der Waals surface area contributed by atoms with Gasteiger partial charge in [0, 0.05) is 31.6 Å². The van der Waals surface area contributed by atoms with Crippen molar-refractivity contribution in [3.63, 3.8) is 0 Å². The minimum absolute atomic E-state index is 0. The van der Waals surface area contributed by atoms with E-state index in [-0.39, 0.29) is 24.4 Å². The molecule has 5 nitrogen and oxygen atoms in total. The summed E-state index contributed by atoms with van der Waals surface area (Å²) in [5, 5.41) is 4.13. The number of rotatable bonds is 10. The van der Waals surface area contributed by atoms with Gasteiger partial charge < -0.3 is 15.2 Å². The summed E-state index contributed by atoms with van der Waals surface area (Å²) in [6, 6.07) is 11.7. The van der Waals surface area contributed by atoms with Crippen LogP contribution in [0.25, 0.3) is 11.3 Å². The molecule has 0 spiro atoms. The fourth-order valence-corrected chi connectivity index (χ4v) is 2.83. The van der Waals surface area contributed by atoms with Crippen LogP contribution < -0.4 is 5.73 Å². The number of benzene rings is 1. The van der Waals surface area contributed by atoms with E-state index in [1.165, 1.54) is 0 Å². The Morgan fingerprint density at radius 3 is 2.65 bits per heavy atom. The summed E-state index contributed by atoms with van der Waals surface area (Å²) in [6.45, 7) is 2.79. The van der Waals surface area contributed by atoms with Crippen molar-refractivity contribution in [1.29, 1.82) is 0 Å². The molecule has 0 saturated carbocycles. The van der Waals surface area contributed by atoms with Crippen LogP contribution in [0.4, 0.5) is 0 Å². The van der Waals surface area contributed by atoms with Crippen LogP contribution in [0.3, 0.4) is 0 Å². The van der Waals surface area contributed by atoms with Gasteiger partial charge in [-0.25, -0.2) is 0 Å². The summed E-state index contributed by atoms with van der Waals surface area (Å²) in [5.74, 6) is 0.956. The summed E-state index contributed by atoms with van der Waals surface area (Å²) >= 11 is 0. The molecule has 0 aliphatic carbocycles. The molecular weight excluding hydrogens is 350 g/mol. The minimum atomic E-state index is -0.361. The van der Waals surface area contributed by atoms with E-state index in [0.29, 0.717) is 0 Å². The Labute approximate surface area is 162 Å². The zero-order valence-corrected chi connectivity index (χ0v) is 16.5. The number of aromatic nitrogens is 1. The van der Waals surface area contributed by atoms with Gasteiger partial charge in [0.1, 0.15) is 11.5 Å². The Morgan fingerprint density at radius 2 is 1.96 bits per heavy atom. The van der Waals surface area contributed by atoms with Crippen molar-refractivity contribution >= 4 is 18.3 Å². The number of hydrogen-bond acceptors (Lipinski definition) is 4. The van der Waals surface area contributed by atoms with Gasteiger partial charge in [0.2, 0.25) is 5.91 Å². The van der Waals surface area contributed by atoms with Crippen molar-refractivity contribution in [3.05, 3.63) is 42.2 Å². The smallest absolute Gasteiger partial charge is 0.239 e. The highest BCUT2D eigenvalue weighted by Gasteiger charge is 2.16. The third kappa shape index (κ3) is 6.81. The first-order valence-electron chi connectivity index (χ1n) is 9.13. The number of aryl methyl sites for hydroxylation is 1. The van der Waals surface area contributed by atoms with E-state index in [9.17, 15) is 4.79 Å². The van der Waals surface area contributed by atoms with Gasteiger partial charge in [-0.2, -0.15) is 0 Å². The van der Waals surface area contributed by atoms with E-state index in [2.05, 4.69) is 5.16 Å². The molecule has 1 atom stereocenters. The molecule has 1 aromatic heterocycles. The molecule has 2 aromatic rings. The maximum Gasteiger partial charge on any atom is 0.239 e. The predicted molar refractivity (Wildman–Crippen MR) is 107 cm³/mol. The Morgan fingerprint density at radius 1 is 1.23 bits per heavy atom. The fraction of sp³-hybridized carbons (Fsp3) is 0.500. The van der Waals surface area contributed by atoms with E-state index in [4.69, 9.17) is 10.3 Å². The van der Waals surface area contributed by atoms with Crippen LogP contribution in [0.15, 0.2) is 40.9 Å². The lowest BCUT2D eigenvalue weighted by Crippen LogP contribution is -2.42. The first-order valence-corrected chi connectivity index (χ1v) is 9.13. The van der Waals surface area contributed by atoms with E-state index >= 15 is 0 Å². The van der Waals surface area contributed by atoms with Crippen LogP contribution in [0.1, 0.15) is 44.8 Å². The number of hydrogen-bond donors (Lipinski definition) is 1. The number of carbonyl (C=O) groups excluding carboxylic acids is 1. The van der Waals surface area contributed by atoms with Gasteiger partial charge in [-0.05, 0) is 19.3 Å². The molecule has 0 radical (unpaired) electrons. The number of nitrogens with two attached hydrogens (primary N) is 1. The predicted octanol–water partition coefficient (Wildman–Crippen LogP) is 4.06. The molecule has 0 saturated heterocycles. The lowest BCUT2D eigenvalue weighted by Gasteiger charge is -2.20. The molecule has 2 rings (SSSR count). The molecule has 1 aromatic carbocycles. The second-order valence-corrected chi connectivity index (χ2v) is 6.51. The molecular formula is C20H30ClN3O2. The number of carbonyl (C=O) groups is 1. The second kappa shape index (κ2) is 11.7. The number of likely N-dealkylation sites (N-methyl/N-ethyl adjacent to an activating group) is 1. The van der Waals surface area contributed by atoms with E-state index in [1.54, 1.807) is 4.90 Å². The number of halogens is 1. The quantitative estimate of drug-likeness (QED) is 0.632. The zero-order valence-electron chi connectivity index (χ0n) is 15.7. The summed E-state index contributed by atoms with van der Waals surface area (Å²) < 4.78 is 5.41. The van der Waals surface area contributed by atoms with Crippen LogP contribution in [0.2, 0.25) is 0 Å². The molecule has 0 aliphatic heterocycles. The Hall–Kier alpha value is -1.85. The van der Waals surface area contributed by atoms with Gasteiger partial charge in [-0.3, -0.25) is 4.79 Å². The van der Waals surface area contributed by atoms with Crippen molar-refractivity contribution in [2.24, 2.45) is 5.73 Å². The molecule has 0 bridgehead atoms. The van der Waals surface area contributed by atoms with E-state index in [0.717, 1.165) is 62.1 Å². The normalized spacial score (nSPS) is 11.7. The van der Waals surface area contributed by atoms with Crippen molar-refractivity contribution in [2.75, 3.05) is 13.6 Å². The second-order valence-electron chi connectivity index (χ2n) is 6.51. The Kier molecular flexibility index (Phi) is 9.99. The molecule has 2 N–H and O–H groups in total. The standard InChI is InChI=1S/C20H29N3O2.ClH/c1-3-10-18(21)20(24)23(2)14-9-5-8-13-17-15-19(22-25-17)16-11-6-4-7-12-16;/h4,6-7,11-12,15,18H,3,5,8-10,13-14,21H2,1-2H3;1H. The summed E-state index contributed by atoms with van der Waals surface area (Å²) in [6.07, 6.45) is 5.59. The summed E-state index contributed by atoms with van der Waals surface area (Å²) in [5.41, 5.74) is 7.83. The van der Waals surface area contributed by atoms with E-state index in [1.807, 2.05) is 50.4 Å². The van der Waals surface area contributed by atoms with Gasteiger partial charge in [0.25, 0.3) is 0 Å². The molecule has 0 fully saturated rings. The SMILES string of the molecule is CCCC(N)C(=O)N(C)CCCCCc1cc(-c2ccccc2)no1.Cl. The highest BCUT2D eigenvalue weighted by atomic mass is 35.5. The number of nitrogens with zero attached hydrogens (tertiary/aromatic N) is 2. The largest absolute Gasteiger partial charge is 0.361 e. The van der Waals surface area contributed by atoms with Crippen molar-refractivity contribution in [2.45, 2.75) is 51.5 Å². The molecule has 1 amide bonds. The number of unbranched alkanes of at least 4 members (excludes halogenated alkanes) is 2. The third-order valence-corrected chi connectivity index (χ3v) is 4.34. The van der Waals surface area contributed by atoms with Crippen LogP contribution in [-0.2, 0) is 11.2 Å². The van der Waals surface area contributed by atoms with Crippen molar-refractivity contribution < 1.29 is 9.32 Å². The molecule has 1 heterocycles. The van der Waals surface area contributed by atoms with Gasteiger partial charge in [-0.15, -0.1) is 12.4 Å². The average Bonchev–Trinajstić information content (AvgIpc) is 3.10. The first-order chi connectivity index (χ1) is 12.1. The Bertz CT molecular complexity index is 646. The monoisotopic (exact) mass is 379 g/mol. The molecule has 144 valence electrons. The lowest BCUT2D eigenvalue weighted by molar-refractivity contribution is -0.131.